The zero-order chi connectivity index (χ0) is 70.9. The molecule has 2 nitrogen and oxygen atoms in total. The van der Waals surface area contributed by atoms with Gasteiger partial charge in [-0.15, -0.1) is 22.7 Å². The van der Waals surface area contributed by atoms with Crippen LogP contribution in [0, 0.1) is 0 Å². The van der Waals surface area contributed by atoms with Gasteiger partial charge in [-0.3, -0.25) is 0 Å². The minimum Gasteiger partial charge on any atom is -0.310 e. The fourth-order valence-electron chi connectivity index (χ4n) is 17.3. The molecule has 2 aromatic heterocycles. The molecule has 0 spiro atoms. The van der Waals surface area contributed by atoms with Crippen LogP contribution in [0.3, 0.4) is 0 Å². The average molecular weight is 1410 g/mol. The van der Waals surface area contributed by atoms with Gasteiger partial charge in [0.2, 0.25) is 0 Å². The van der Waals surface area contributed by atoms with E-state index in [0.717, 1.165) is 34.1 Å². The van der Waals surface area contributed by atoms with Gasteiger partial charge in [0.15, 0.2) is 0 Å². The Kier molecular flexibility index (Phi) is 14.4. The molecule has 0 bridgehead atoms. The molecular weight excluding hydrogens is 1340 g/mol. The van der Waals surface area contributed by atoms with Gasteiger partial charge in [0.25, 0.3) is 0 Å². The highest BCUT2D eigenvalue weighted by Crippen LogP contribution is 2.48. The molecule has 0 unspecified atom stereocenters. The van der Waals surface area contributed by atoms with Gasteiger partial charge < -0.3 is 9.80 Å². The van der Waals surface area contributed by atoms with Crippen molar-refractivity contribution in [3.8, 4) is 55.6 Å². The molecule has 0 radical (unpaired) electrons. The Balaban J connectivity index is 0.544. The molecule has 22 rings (SSSR count). The Bertz CT molecular complexity index is 7410. The van der Waals surface area contributed by atoms with Crippen LogP contribution in [0.5, 0.6) is 0 Å². The number of thiophene rings is 2. The molecule has 502 valence electrons. The molecule has 108 heavy (non-hydrogen) atoms. The SMILES string of the molecule is c1ccc2c(-c3ccc(N(c4ccc(-c5ccc6c(ccc7c8ccc(-c9ccc%10c(-c%11ccc(N(c%12ccc(-c%13ccc%14c(ccc%15c%16ccccc%16ccc%14%15)c%13)cc%12)c%12cccc%13c%12sc%12ccccc%12%13)cc%11)cccc%10c9)cc8ccc67)c5)cc4)c4ccc5sc6ccccc6c5c4)cc3)cccc2c1. The van der Waals surface area contributed by atoms with Crippen molar-refractivity contribution in [2.24, 2.45) is 0 Å². The maximum atomic E-state index is 2.44. The topological polar surface area (TPSA) is 6.48 Å². The predicted molar refractivity (Wildman–Crippen MR) is 469 cm³/mol. The summed E-state index contributed by atoms with van der Waals surface area (Å²) in [5, 5.41) is 25.2. The number of fused-ring (bicyclic) bond motifs is 18. The zero-order valence-corrected chi connectivity index (χ0v) is 60.3. The van der Waals surface area contributed by atoms with Crippen LogP contribution in [0.25, 0.3) is 182 Å². The standard InChI is InChI=1S/C104H64N2S2/c1-3-16-84-67(12-1)14-9-20-85(84)69-30-46-80(47-31-69)105(83-50-59-103-99(64-83)97-19-6-7-24-101(97)107-103)79-42-26-65(27-43-79)71-36-53-90-77(60-71)40-57-95-91-54-38-74(63-78(91)41-58-94(90)95)73-37-51-88-75(62-73)15-10-21-86(88)70-32-48-82(49-33-70)106(100-23-11-22-98-96-18-5-8-25-102(96)108-104(98)100)81-44-28-66(29-45-81)72-35-52-89-76(61-72)39-56-92-87-17-4-2-13-68(87)34-55-93(89)92/h1-64H. The Morgan fingerprint density at radius 3 is 1.02 bits per heavy atom. The third-order valence-electron chi connectivity index (χ3n) is 22.6. The molecular formula is C104H64N2S2. The first-order chi connectivity index (χ1) is 53.5. The van der Waals surface area contributed by atoms with Crippen LogP contribution in [-0.2, 0) is 0 Å². The van der Waals surface area contributed by atoms with Gasteiger partial charge in [-0.25, -0.2) is 0 Å². The van der Waals surface area contributed by atoms with Crippen molar-refractivity contribution in [1.29, 1.82) is 0 Å². The van der Waals surface area contributed by atoms with Gasteiger partial charge in [-0.1, -0.05) is 279 Å². The van der Waals surface area contributed by atoms with Gasteiger partial charge >= 0.3 is 0 Å². The number of hydrogen-bond donors (Lipinski definition) is 0. The second-order valence-corrected chi connectivity index (χ2v) is 30.8. The van der Waals surface area contributed by atoms with Gasteiger partial charge in [0.05, 0.1) is 10.4 Å². The van der Waals surface area contributed by atoms with Gasteiger partial charge in [-0.05, 0) is 251 Å². The average Bonchev–Trinajstić information content (AvgIpc) is 1.29. The molecule has 0 aliphatic carbocycles. The van der Waals surface area contributed by atoms with Crippen LogP contribution >= 0.6 is 22.7 Å². The molecule has 0 saturated carbocycles. The Labute approximate surface area is 632 Å². The fraction of sp³-hybridized carbons (Fsp3) is 0. The van der Waals surface area contributed by atoms with Crippen LogP contribution in [0.1, 0.15) is 0 Å². The molecule has 4 heteroatoms. The van der Waals surface area contributed by atoms with Crippen LogP contribution in [0.4, 0.5) is 34.1 Å². The lowest BCUT2D eigenvalue weighted by Gasteiger charge is -2.26. The van der Waals surface area contributed by atoms with Crippen molar-refractivity contribution in [3.63, 3.8) is 0 Å². The highest BCUT2D eigenvalue weighted by Gasteiger charge is 2.22. The summed E-state index contributed by atoms with van der Waals surface area (Å²) in [6.07, 6.45) is 0. The lowest BCUT2D eigenvalue weighted by molar-refractivity contribution is 1.29. The molecule has 0 fully saturated rings. The van der Waals surface area contributed by atoms with E-state index in [2.05, 4.69) is 398 Å². The molecule has 0 aliphatic rings. The van der Waals surface area contributed by atoms with E-state index in [9.17, 15) is 0 Å². The van der Waals surface area contributed by atoms with Crippen LogP contribution in [0.2, 0.25) is 0 Å². The number of benzene rings is 20. The lowest BCUT2D eigenvalue weighted by atomic mass is 9.92. The minimum absolute atomic E-state index is 1.10. The van der Waals surface area contributed by atoms with Crippen LogP contribution < -0.4 is 9.80 Å². The van der Waals surface area contributed by atoms with E-state index >= 15 is 0 Å². The summed E-state index contributed by atoms with van der Waals surface area (Å²) in [5.74, 6) is 0. The highest BCUT2D eigenvalue weighted by molar-refractivity contribution is 7.26. The second-order valence-electron chi connectivity index (χ2n) is 28.6. The van der Waals surface area contributed by atoms with Crippen molar-refractivity contribution in [2.75, 3.05) is 9.80 Å². The van der Waals surface area contributed by atoms with Crippen molar-refractivity contribution in [3.05, 3.63) is 388 Å². The first kappa shape index (κ1) is 61.9. The molecule has 2 heterocycles. The van der Waals surface area contributed by atoms with Gasteiger partial charge in [0, 0.05) is 64.1 Å². The zero-order valence-electron chi connectivity index (χ0n) is 58.7. The largest absolute Gasteiger partial charge is 0.310 e. The molecule has 0 saturated heterocycles. The maximum Gasteiger partial charge on any atom is 0.0640 e. The van der Waals surface area contributed by atoms with E-state index in [1.807, 2.05) is 22.7 Å². The van der Waals surface area contributed by atoms with Crippen molar-refractivity contribution in [1.82, 2.24) is 0 Å². The van der Waals surface area contributed by atoms with E-state index in [-0.39, 0.29) is 0 Å². The molecule has 0 N–H and O–H groups in total. The lowest BCUT2D eigenvalue weighted by Crippen LogP contribution is -2.10. The fourth-order valence-corrected chi connectivity index (χ4v) is 19.6. The predicted octanol–water partition coefficient (Wildman–Crippen LogP) is 30.9. The number of rotatable bonds is 11. The molecule has 0 atom stereocenters. The Hall–Kier alpha value is -13.5. The first-order valence-corrected chi connectivity index (χ1v) is 38.7. The summed E-state index contributed by atoms with van der Waals surface area (Å²) in [4.78, 5) is 4.84. The quantitative estimate of drug-likeness (QED) is 0.119. The summed E-state index contributed by atoms with van der Waals surface area (Å²) in [6, 6.07) is 145. The minimum atomic E-state index is 1.10. The van der Waals surface area contributed by atoms with Gasteiger partial charge in [-0.2, -0.15) is 0 Å². The van der Waals surface area contributed by atoms with Crippen LogP contribution in [-0.4, -0.2) is 0 Å². The smallest absolute Gasteiger partial charge is 0.0640 e. The van der Waals surface area contributed by atoms with Crippen LogP contribution in [0.15, 0.2) is 388 Å². The van der Waals surface area contributed by atoms with E-state index in [1.165, 1.54) is 182 Å². The van der Waals surface area contributed by atoms with Crippen molar-refractivity contribution in [2.45, 2.75) is 0 Å². The van der Waals surface area contributed by atoms with Crippen molar-refractivity contribution >= 4 is 183 Å². The highest BCUT2D eigenvalue weighted by atomic mass is 32.1. The van der Waals surface area contributed by atoms with Gasteiger partial charge in [0.1, 0.15) is 0 Å². The number of anilines is 6. The summed E-state index contributed by atoms with van der Waals surface area (Å²) >= 11 is 3.72. The first-order valence-electron chi connectivity index (χ1n) is 37.1. The number of nitrogens with zero attached hydrogens (tertiary/aromatic N) is 2. The third kappa shape index (κ3) is 10.4. The normalized spacial score (nSPS) is 11.9. The summed E-state index contributed by atoms with van der Waals surface area (Å²) in [7, 11) is 0. The molecule has 22 aromatic rings. The van der Waals surface area contributed by atoms with E-state index in [1.54, 1.807) is 0 Å². The van der Waals surface area contributed by atoms with Crippen molar-refractivity contribution < 1.29 is 0 Å². The number of hydrogen-bond acceptors (Lipinski definition) is 4. The maximum absolute atomic E-state index is 2.44. The summed E-state index contributed by atoms with van der Waals surface area (Å²) in [5.41, 5.74) is 18.7. The summed E-state index contributed by atoms with van der Waals surface area (Å²) < 4.78 is 5.16. The van der Waals surface area contributed by atoms with E-state index < -0.39 is 0 Å². The third-order valence-corrected chi connectivity index (χ3v) is 25.0. The van der Waals surface area contributed by atoms with E-state index in [0.29, 0.717) is 0 Å². The molecule has 0 amide bonds. The Morgan fingerprint density at radius 1 is 0.157 bits per heavy atom. The summed E-state index contributed by atoms with van der Waals surface area (Å²) in [6.45, 7) is 0. The second kappa shape index (κ2) is 25.1. The Morgan fingerprint density at radius 2 is 0.481 bits per heavy atom. The molecule has 20 aromatic carbocycles. The molecule has 0 aliphatic heterocycles. The monoisotopic (exact) mass is 1400 g/mol. The van der Waals surface area contributed by atoms with E-state index in [4.69, 9.17) is 0 Å².